The lowest BCUT2D eigenvalue weighted by Crippen LogP contribution is -2.09. The van der Waals surface area contributed by atoms with Crippen molar-refractivity contribution in [2.24, 2.45) is 0 Å². The van der Waals surface area contributed by atoms with Gasteiger partial charge >= 0.3 is 0 Å². The van der Waals surface area contributed by atoms with Gasteiger partial charge in [0.15, 0.2) is 0 Å². The summed E-state index contributed by atoms with van der Waals surface area (Å²) in [6.45, 7) is 0. The molecule has 0 unspecified atom stereocenters. The van der Waals surface area contributed by atoms with Gasteiger partial charge in [-0.25, -0.2) is 0 Å². The monoisotopic (exact) mass is 284 g/mol. The van der Waals surface area contributed by atoms with E-state index in [1.807, 2.05) is 24.3 Å². The van der Waals surface area contributed by atoms with Gasteiger partial charge in [0.05, 0.1) is 15.8 Å². The first-order chi connectivity index (χ1) is 9.78. The van der Waals surface area contributed by atoms with Crippen LogP contribution in [0.3, 0.4) is 0 Å². The number of nitrogens with zero attached hydrogens (tertiary/aromatic N) is 3. The summed E-state index contributed by atoms with van der Waals surface area (Å²) in [5.41, 5.74) is 9.33. The van der Waals surface area contributed by atoms with Crippen molar-refractivity contribution in [1.82, 2.24) is 15.1 Å². The van der Waals surface area contributed by atoms with E-state index in [0.29, 0.717) is 11.7 Å². The summed E-state index contributed by atoms with van der Waals surface area (Å²) < 4.78 is 5.49. The van der Waals surface area contributed by atoms with Crippen molar-refractivity contribution in [2.75, 3.05) is 5.73 Å². The Morgan fingerprint density at radius 3 is 2.65 bits per heavy atom. The van der Waals surface area contributed by atoms with Crippen LogP contribution in [0.4, 0.5) is 5.69 Å². The fraction of sp³-hybridized carbons (Fsp3) is 0.214. The average molecular weight is 284 g/mol. The topological polar surface area (TPSA) is 77.8 Å². The second kappa shape index (κ2) is 4.14. The first-order valence-corrected chi connectivity index (χ1v) is 7.25. The van der Waals surface area contributed by atoms with E-state index >= 15 is 0 Å². The molecule has 0 radical (unpaired) electrons. The van der Waals surface area contributed by atoms with Crippen molar-refractivity contribution < 1.29 is 4.52 Å². The SMILES string of the molecule is Nc1ccc(C2(c3nc(-c4cncs4)no3)CC2)cc1. The summed E-state index contributed by atoms with van der Waals surface area (Å²) in [6.07, 6.45) is 3.81. The van der Waals surface area contributed by atoms with E-state index in [2.05, 4.69) is 15.1 Å². The number of hydrogen-bond donors (Lipinski definition) is 1. The number of hydrogen-bond acceptors (Lipinski definition) is 6. The number of aromatic nitrogens is 3. The molecule has 1 fully saturated rings. The molecule has 100 valence electrons. The molecule has 0 amide bonds. The Bertz CT molecular complexity index is 729. The molecule has 0 bridgehead atoms. The third-order valence-electron chi connectivity index (χ3n) is 3.70. The molecule has 3 aromatic rings. The van der Waals surface area contributed by atoms with Crippen LogP contribution in [0, 0.1) is 0 Å². The molecular formula is C14H12N4OS. The lowest BCUT2D eigenvalue weighted by atomic mass is 9.96. The third-order valence-corrected chi connectivity index (χ3v) is 4.47. The van der Waals surface area contributed by atoms with Crippen LogP contribution < -0.4 is 5.73 Å². The molecule has 20 heavy (non-hydrogen) atoms. The Morgan fingerprint density at radius 2 is 2.00 bits per heavy atom. The van der Waals surface area contributed by atoms with Gasteiger partial charge < -0.3 is 10.3 Å². The highest BCUT2D eigenvalue weighted by Crippen LogP contribution is 2.53. The second-order valence-corrected chi connectivity index (χ2v) is 5.88. The molecule has 1 aromatic carbocycles. The van der Waals surface area contributed by atoms with Crippen LogP contribution in [0.25, 0.3) is 10.7 Å². The zero-order chi connectivity index (χ0) is 13.6. The molecule has 1 aliphatic rings. The molecule has 0 atom stereocenters. The molecule has 2 N–H and O–H groups in total. The molecule has 2 heterocycles. The van der Waals surface area contributed by atoms with Gasteiger partial charge in [-0.3, -0.25) is 4.98 Å². The predicted molar refractivity (Wildman–Crippen MR) is 76.3 cm³/mol. The average Bonchev–Trinajstić information content (AvgIpc) is 2.93. The Hall–Kier alpha value is -2.21. The van der Waals surface area contributed by atoms with Crippen LogP contribution >= 0.6 is 11.3 Å². The Morgan fingerprint density at radius 1 is 1.20 bits per heavy atom. The minimum Gasteiger partial charge on any atom is -0.399 e. The molecule has 1 aliphatic carbocycles. The van der Waals surface area contributed by atoms with Crippen molar-refractivity contribution in [1.29, 1.82) is 0 Å². The maximum absolute atomic E-state index is 5.74. The predicted octanol–water partition coefficient (Wildman–Crippen LogP) is 2.86. The van der Waals surface area contributed by atoms with Gasteiger partial charge in [-0.2, -0.15) is 4.98 Å². The van der Waals surface area contributed by atoms with Gasteiger partial charge in [-0.05, 0) is 30.5 Å². The molecular weight excluding hydrogens is 272 g/mol. The molecule has 2 aromatic heterocycles. The first-order valence-electron chi connectivity index (χ1n) is 6.37. The lowest BCUT2D eigenvalue weighted by Gasteiger charge is -2.10. The number of nitrogens with two attached hydrogens (primary N) is 1. The van der Waals surface area contributed by atoms with Gasteiger partial charge in [0, 0.05) is 11.9 Å². The van der Waals surface area contributed by atoms with E-state index in [-0.39, 0.29) is 5.41 Å². The quantitative estimate of drug-likeness (QED) is 0.748. The van der Waals surface area contributed by atoms with E-state index in [9.17, 15) is 0 Å². The van der Waals surface area contributed by atoms with E-state index in [4.69, 9.17) is 10.3 Å². The van der Waals surface area contributed by atoms with E-state index in [0.717, 1.165) is 23.4 Å². The normalized spacial score (nSPS) is 16.2. The minimum absolute atomic E-state index is 0.121. The molecule has 0 spiro atoms. The van der Waals surface area contributed by atoms with Crippen LogP contribution in [-0.4, -0.2) is 15.1 Å². The van der Waals surface area contributed by atoms with Crippen molar-refractivity contribution in [3.8, 4) is 10.7 Å². The molecule has 0 saturated heterocycles. The van der Waals surface area contributed by atoms with Crippen LogP contribution in [0.5, 0.6) is 0 Å². The first kappa shape index (κ1) is 11.6. The smallest absolute Gasteiger partial charge is 0.237 e. The standard InChI is InChI=1S/C14H12N4OS/c15-10-3-1-9(2-4-10)14(5-6-14)13-17-12(18-19-13)11-7-16-8-20-11/h1-4,7-8H,5-6,15H2. The molecule has 1 saturated carbocycles. The summed E-state index contributed by atoms with van der Waals surface area (Å²) >= 11 is 1.51. The lowest BCUT2D eigenvalue weighted by molar-refractivity contribution is 0.360. The van der Waals surface area contributed by atoms with E-state index in [1.54, 1.807) is 11.7 Å². The number of anilines is 1. The molecule has 5 nitrogen and oxygen atoms in total. The zero-order valence-electron chi connectivity index (χ0n) is 10.6. The molecule has 4 rings (SSSR count). The number of rotatable bonds is 3. The maximum atomic E-state index is 5.74. The summed E-state index contributed by atoms with van der Waals surface area (Å²) in [7, 11) is 0. The Kier molecular flexibility index (Phi) is 2.40. The van der Waals surface area contributed by atoms with Gasteiger partial charge in [0.1, 0.15) is 0 Å². The highest BCUT2D eigenvalue weighted by molar-refractivity contribution is 7.13. The number of benzene rings is 1. The molecule has 6 heteroatoms. The number of thiazole rings is 1. The second-order valence-electron chi connectivity index (χ2n) is 4.99. The zero-order valence-corrected chi connectivity index (χ0v) is 11.4. The van der Waals surface area contributed by atoms with Crippen molar-refractivity contribution >= 4 is 17.0 Å². The van der Waals surface area contributed by atoms with Crippen molar-refractivity contribution in [3.63, 3.8) is 0 Å². The Balaban J connectivity index is 1.72. The van der Waals surface area contributed by atoms with Gasteiger partial charge in [-0.1, -0.05) is 17.3 Å². The van der Waals surface area contributed by atoms with Gasteiger partial charge in [0.2, 0.25) is 11.7 Å². The summed E-state index contributed by atoms with van der Waals surface area (Å²) in [6, 6.07) is 7.91. The van der Waals surface area contributed by atoms with E-state index < -0.39 is 0 Å². The summed E-state index contributed by atoms with van der Waals surface area (Å²) in [4.78, 5) is 9.51. The van der Waals surface area contributed by atoms with Gasteiger partial charge in [0.25, 0.3) is 0 Å². The highest BCUT2D eigenvalue weighted by atomic mass is 32.1. The Labute approximate surface area is 119 Å². The largest absolute Gasteiger partial charge is 0.399 e. The van der Waals surface area contributed by atoms with Crippen LogP contribution in [0.2, 0.25) is 0 Å². The maximum Gasteiger partial charge on any atom is 0.237 e. The number of nitrogen functional groups attached to an aromatic ring is 1. The highest BCUT2D eigenvalue weighted by Gasteiger charge is 2.51. The van der Waals surface area contributed by atoms with Crippen molar-refractivity contribution in [2.45, 2.75) is 18.3 Å². The van der Waals surface area contributed by atoms with Crippen molar-refractivity contribution in [3.05, 3.63) is 47.4 Å². The fourth-order valence-electron chi connectivity index (χ4n) is 2.40. The summed E-state index contributed by atoms with van der Waals surface area (Å²) in [5.74, 6) is 1.30. The third kappa shape index (κ3) is 1.72. The minimum atomic E-state index is -0.121. The van der Waals surface area contributed by atoms with E-state index in [1.165, 1.54) is 16.9 Å². The molecule has 0 aliphatic heterocycles. The van der Waals surface area contributed by atoms with Crippen LogP contribution in [0.15, 0.2) is 40.5 Å². The van der Waals surface area contributed by atoms with Crippen LogP contribution in [-0.2, 0) is 5.41 Å². The fourth-order valence-corrected chi connectivity index (χ4v) is 2.94. The van der Waals surface area contributed by atoms with Gasteiger partial charge in [-0.15, -0.1) is 11.3 Å². The summed E-state index contributed by atoms with van der Waals surface area (Å²) in [5, 5.41) is 4.07. The van der Waals surface area contributed by atoms with Crippen LogP contribution in [0.1, 0.15) is 24.3 Å².